The fourth-order valence-corrected chi connectivity index (χ4v) is 2.91. The van der Waals surface area contributed by atoms with Gasteiger partial charge in [-0.1, -0.05) is 34.1 Å². The predicted molar refractivity (Wildman–Crippen MR) is 83.7 cm³/mol. The average molecular weight is 429 g/mol. The molecular weight excluding hydrogens is 418 g/mol. The second kappa shape index (κ2) is 7.28. The van der Waals surface area contributed by atoms with E-state index in [1.165, 1.54) is 7.11 Å². The van der Waals surface area contributed by atoms with Gasteiger partial charge >= 0.3 is 5.97 Å². The first-order chi connectivity index (χ1) is 8.27. The second-order valence-corrected chi connectivity index (χ2v) is 4.89. The standard InChI is InChI=1S/C9H8IN2O2P.CH3Br/c1-14-9(13)8-6-4-2-3-5-7(6)12(11-8)15-10;1-2/h2-5,15H,1H3;1H3. The second-order valence-electron chi connectivity index (χ2n) is 2.85. The van der Waals surface area contributed by atoms with Gasteiger partial charge in [-0.15, -0.1) is 0 Å². The van der Waals surface area contributed by atoms with E-state index in [1.54, 1.807) is 0 Å². The number of fused-ring (bicyclic) bond motifs is 1. The molecule has 0 spiro atoms. The Balaban J connectivity index is 0.000000686. The molecule has 0 bridgehead atoms. The summed E-state index contributed by atoms with van der Waals surface area (Å²) in [7, 11) is 1.36. The predicted octanol–water partition coefficient (Wildman–Crippen LogP) is 3.63. The van der Waals surface area contributed by atoms with Crippen molar-refractivity contribution in [3.8, 4) is 0 Å². The van der Waals surface area contributed by atoms with E-state index in [0.29, 0.717) is 12.1 Å². The van der Waals surface area contributed by atoms with Crippen LogP contribution in [0.5, 0.6) is 0 Å². The summed E-state index contributed by atoms with van der Waals surface area (Å²) in [6.45, 7) is 0. The van der Waals surface area contributed by atoms with E-state index < -0.39 is 0 Å². The molecule has 0 aliphatic carbocycles. The molecule has 0 saturated heterocycles. The zero-order valence-electron chi connectivity index (χ0n) is 9.28. The van der Waals surface area contributed by atoms with Gasteiger partial charge in [0.2, 0.25) is 0 Å². The summed E-state index contributed by atoms with van der Waals surface area (Å²) < 4.78 is 6.50. The van der Waals surface area contributed by atoms with Crippen LogP contribution in [-0.4, -0.2) is 28.5 Å². The summed E-state index contributed by atoms with van der Waals surface area (Å²) in [4.78, 5) is 11.5. The Labute approximate surface area is 123 Å². The Bertz CT molecular complexity index is 518. The number of carbonyl (C=O) groups is 1. The highest BCUT2D eigenvalue weighted by atomic mass is 127. The lowest BCUT2D eigenvalue weighted by atomic mass is 10.2. The van der Waals surface area contributed by atoms with Crippen molar-refractivity contribution >= 4 is 61.2 Å². The molecule has 0 radical (unpaired) electrons. The lowest BCUT2D eigenvalue weighted by molar-refractivity contribution is 0.0596. The van der Waals surface area contributed by atoms with Crippen molar-refractivity contribution < 1.29 is 9.53 Å². The third kappa shape index (κ3) is 3.17. The SMILES string of the molecule is CBr.COC(=O)c1nn(PI)c2ccccc12. The summed E-state index contributed by atoms with van der Waals surface area (Å²) >= 11 is 5.16. The van der Waals surface area contributed by atoms with Gasteiger partial charge in [-0.25, -0.2) is 9.25 Å². The first kappa shape index (κ1) is 14.9. The number of halogens is 2. The average Bonchev–Trinajstić information content (AvgIpc) is 2.79. The molecule has 1 atom stereocenters. The van der Waals surface area contributed by atoms with Gasteiger partial charge in [0.25, 0.3) is 0 Å². The third-order valence-corrected chi connectivity index (χ3v) is 3.92. The van der Waals surface area contributed by atoms with Crippen LogP contribution in [0.25, 0.3) is 10.9 Å². The number of esters is 1. The van der Waals surface area contributed by atoms with Crippen molar-refractivity contribution in [2.45, 2.75) is 0 Å². The van der Waals surface area contributed by atoms with Gasteiger partial charge in [0.1, 0.15) is 0 Å². The zero-order chi connectivity index (χ0) is 12.8. The lowest BCUT2D eigenvalue weighted by Gasteiger charge is -1.93. The molecule has 1 aromatic heterocycles. The van der Waals surface area contributed by atoms with Crippen LogP contribution < -0.4 is 0 Å². The summed E-state index contributed by atoms with van der Waals surface area (Å²) in [5.41, 5.74) is 1.35. The number of aromatic nitrogens is 2. The number of carbonyl (C=O) groups excluding carboxylic acids is 1. The number of para-hydroxylation sites is 1. The molecule has 92 valence electrons. The minimum atomic E-state index is -0.389. The number of alkyl halides is 1. The van der Waals surface area contributed by atoms with Crippen LogP contribution in [0.2, 0.25) is 0 Å². The Kier molecular flexibility index (Phi) is 6.37. The smallest absolute Gasteiger partial charge is 0.359 e. The van der Waals surface area contributed by atoms with E-state index in [2.05, 4.69) is 47.8 Å². The molecular formula is C10H11BrIN2O2P. The molecule has 1 heterocycles. The maximum atomic E-state index is 11.5. The van der Waals surface area contributed by atoms with Crippen LogP contribution in [0.15, 0.2) is 24.3 Å². The molecule has 0 aliphatic heterocycles. The Morgan fingerprint density at radius 1 is 1.47 bits per heavy atom. The molecule has 2 aromatic rings. The van der Waals surface area contributed by atoms with Gasteiger partial charge in [0.05, 0.1) is 19.0 Å². The summed E-state index contributed by atoms with van der Waals surface area (Å²) in [6, 6.07) is 7.64. The molecule has 17 heavy (non-hydrogen) atoms. The highest BCUT2D eigenvalue weighted by Crippen LogP contribution is 2.30. The van der Waals surface area contributed by atoms with Crippen molar-refractivity contribution in [1.82, 2.24) is 9.55 Å². The van der Waals surface area contributed by atoms with Crippen molar-refractivity contribution in [2.24, 2.45) is 0 Å². The van der Waals surface area contributed by atoms with E-state index in [4.69, 9.17) is 0 Å². The van der Waals surface area contributed by atoms with Gasteiger partial charge in [0, 0.05) is 5.39 Å². The Morgan fingerprint density at radius 3 is 2.71 bits per heavy atom. The van der Waals surface area contributed by atoms with Crippen molar-refractivity contribution in [1.29, 1.82) is 0 Å². The number of hydrogen-bond acceptors (Lipinski definition) is 3. The first-order valence-electron chi connectivity index (χ1n) is 4.58. The minimum Gasteiger partial charge on any atom is -0.464 e. The topological polar surface area (TPSA) is 44.1 Å². The van der Waals surface area contributed by atoms with E-state index in [0.717, 1.165) is 10.9 Å². The number of methoxy groups -OCH3 is 1. The summed E-state index contributed by atoms with van der Waals surface area (Å²) in [5, 5.41) is 5.07. The molecule has 0 fully saturated rings. The third-order valence-electron chi connectivity index (χ3n) is 2.05. The molecule has 1 unspecified atom stereocenters. The number of ether oxygens (including phenoxy) is 1. The van der Waals surface area contributed by atoms with E-state index in [-0.39, 0.29) is 5.97 Å². The van der Waals surface area contributed by atoms with E-state index in [1.807, 2.05) is 34.6 Å². The molecule has 1 aromatic carbocycles. The highest BCUT2D eigenvalue weighted by Gasteiger charge is 2.16. The highest BCUT2D eigenvalue weighted by molar-refractivity contribution is 14.2. The number of benzene rings is 1. The maximum absolute atomic E-state index is 11.5. The van der Waals surface area contributed by atoms with Crippen molar-refractivity contribution in [3.63, 3.8) is 0 Å². The van der Waals surface area contributed by atoms with Crippen molar-refractivity contribution in [2.75, 3.05) is 12.9 Å². The quantitative estimate of drug-likeness (QED) is 0.317. The van der Waals surface area contributed by atoms with E-state index in [9.17, 15) is 4.79 Å². The molecule has 2 rings (SSSR count). The van der Waals surface area contributed by atoms with Crippen LogP contribution in [0, 0.1) is 0 Å². The Hall–Kier alpha value is -0.200. The lowest BCUT2D eigenvalue weighted by Crippen LogP contribution is -2.02. The van der Waals surface area contributed by atoms with E-state index >= 15 is 0 Å². The van der Waals surface area contributed by atoms with Gasteiger partial charge in [-0.3, -0.25) is 0 Å². The normalized spacial score (nSPS) is 10.4. The molecule has 0 aliphatic rings. The van der Waals surface area contributed by atoms with Gasteiger partial charge in [-0.2, -0.15) is 5.10 Å². The Morgan fingerprint density at radius 2 is 2.12 bits per heavy atom. The molecule has 4 nitrogen and oxygen atoms in total. The molecule has 0 saturated carbocycles. The molecule has 7 heteroatoms. The molecule has 0 N–H and O–H groups in total. The van der Waals surface area contributed by atoms with Crippen molar-refractivity contribution in [3.05, 3.63) is 30.0 Å². The van der Waals surface area contributed by atoms with Crippen LogP contribution in [0.1, 0.15) is 10.5 Å². The van der Waals surface area contributed by atoms with Crippen LogP contribution in [0.3, 0.4) is 0 Å². The summed E-state index contributed by atoms with van der Waals surface area (Å²) in [5.74, 6) is 1.42. The largest absolute Gasteiger partial charge is 0.464 e. The van der Waals surface area contributed by atoms with Crippen LogP contribution >= 0.6 is 44.3 Å². The van der Waals surface area contributed by atoms with Gasteiger partial charge in [0.15, 0.2) is 5.69 Å². The van der Waals surface area contributed by atoms with Gasteiger partial charge < -0.3 is 4.74 Å². The van der Waals surface area contributed by atoms with Crippen LogP contribution in [0.4, 0.5) is 0 Å². The number of rotatable bonds is 2. The minimum absolute atomic E-state index is 0.386. The van der Waals surface area contributed by atoms with Gasteiger partial charge in [-0.05, 0) is 33.9 Å². The number of hydrogen-bond donors (Lipinski definition) is 0. The number of nitrogens with zero attached hydrogens (tertiary/aromatic N) is 2. The first-order valence-corrected chi connectivity index (χ1v) is 10.2. The zero-order valence-corrected chi connectivity index (χ0v) is 14.0. The summed E-state index contributed by atoms with van der Waals surface area (Å²) in [6.07, 6.45) is 0.467. The fraction of sp³-hybridized carbons (Fsp3) is 0.200. The maximum Gasteiger partial charge on any atom is 0.359 e. The fourth-order valence-electron chi connectivity index (χ4n) is 1.38. The molecule has 0 amide bonds. The van der Waals surface area contributed by atoms with Crippen LogP contribution in [-0.2, 0) is 4.74 Å². The monoisotopic (exact) mass is 428 g/mol.